The van der Waals surface area contributed by atoms with Crippen LogP contribution in [0.4, 0.5) is 11.6 Å². The number of carboxylic acids is 2. The molecule has 0 unspecified atom stereocenters. The molecule has 44 heavy (non-hydrogen) atoms. The van der Waals surface area contributed by atoms with Crippen molar-refractivity contribution < 1.29 is 19.8 Å². The number of pyridine rings is 2. The van der Waals surface area contributed by atoms with Crippen molar-refractivity contribution in [3.8, 4) is 0 Å². The molecule has 1 aromatic carbocycles. The normalized spacial score (nSPS) is 18.5. The SMILES string of the molecule is CC(C)c1cnc(N2CC[C@@H](NCc3ccc(CN[C@@H]4CCN(c5ncccc5C(=O)O)C4)cc3)C2)c(C(=O)O)c1C(C)C. The molecule has 2 fully saturated rings. The monoisotopic (exact) mass is 600 g/mol. The highest BCUT2D eigenvalue weighted by atomic mass is 16.4. The maximum absolute atomic E-state index is 12.4. The van der Waals surface area contributed by atoms with Crippen molar-refractivity contribution in [3.63, 3.8) is 0 Å². The Labute approximate surface area is 259 Å². The molecule has 10 nitrogen and oxygen atoms in total. The number of anilines is 2. The molecule has 0 saturated carbocycles. The van der Waals surface area contributed by atoms with Crippen molar-refractivity contribution in [1.29, 1.82) is 0 Å². The van der Waals surface area contributed by atoms with E-state index in [9.17, 15) is 19.8 Å². The average molecular weight is 601 g/mol. The highest BCUT2D eigenvalue weighted by molar-refractivity contribution is 5.96. The fourth-order valence-electron chi connectivity index (χ4n) is 6.42. The molecule has 0 aliphatic carbocycles. The number of benzene rings is 1. The van der Waals surface area contributed by atoms with Gasteiger partial charge in [-0.2, -0.15) is 0 Å². The second-order valence-electron chi connectivity index (χ2n) is 12.6. The second kappa shape index (κ2) is 13.7. The molecular weight excluding hydrogens is 556 g/mol. The summed E-state index contributed by atoms with van der Waals surface area (Å²) in [5, 5.41) is 26.9. The summed E-state index contributed by atoms with van der Waals surface area (Å²) in [4.78, 5) is 37.1. The van der Waals surface area contributed by atoms with Crippen LogP contribution in [0.1, 0.15) is 95.3 Å². The van der Waals surface area contributed by atoms with Gasteiger partial charge in [0, 0.05) is 63.7 Å². The number of carbonyl (C=O) groups is 2. The second-order valence-corrected chi connectivity index (χ2v) is 12.6. The fraction of sp³-hybridized carbons (Fsp3) is 0.471. The lowest BCUT2D eigenvalue weighted by atomic mass is 9.88. The van der Waals surface area contributed by atoms with E-state index in [1.807, 2.05) is 11.1 Å². The van der Waals surface area contributed by atoms with Crippen molar-refractivity contribution in [3.05, 3.63) is 82.2 Å². The highest BCUT2D eigenvalue weighted by Crippen LogP contribution is 2.35. The third-order valence-electron chi connectivity index (χ3n) is 8.75. The average Bonchev–Trinajstić information content (AvgIpc) is 3.68. The van der Waals surface area contributed by atoms with E-state index in [1.165, 1.54) is 11.1 Å². The van der Waals surface area contributed by atoms with Crippen LogP contribution in [-0.4, -0.2) is 70.4 Å². The minimum Gasteiger partial charge on any atom is -0.478 e. The topological polar surface area (TPSA) is 131 Å². The molecule has 0 amide bonds. The molecule has 2 aromatic heterocycles. The summed E-state index contributed by atoms with van der Waals surface area (Å²) in [6.45, 7) is 12.7. The first-order valence-corrected chi connectivity index (χ1v) is 15.6. The zero-order valence-corrected chi connectivity index (χ0v) is 26.1. The zero-order valence-electron chi connectivity index (χ0n) is 26.1. The van der Waals surface area contributed by atoms with E-state index in [-0.39, 0.29) is 29.5 Å². The molecule has 2 aliphatic rings. The van der Waals surface area contributed by atoms with Gasteiger partial charge in [-0.15, -0.1) is 0 Å². The van der Waals surface area contributed by atoms with Crippen molar-refractivity contribution >= 4 is 23.6 Å². The van der Waals surface area contributed by atoms with Crippen molar-refractivity contribution in [1.82, 2.24) is 20.6 Å². The first-order chi connectivity index (χ1) is 21.1. The lowest BCUT2D eigenvalue weighted by molar-refractivity contribution is 0.0685. The summed E-state index contributed by atoms with van der Waals surface area (Å²) >= 11 is 0. The molecule has 10 heteroatoms. The van der Waals surface area contributed by atoms with Gasteiger partial charge in [0.2, 0.25) is 0 Å². The van der Waals surface area contributed by atoms with E-state index < -0.39 is 11.9 Å². The van der Waals surface area contributed by atoms with Gasteiger partial charge in [-0.3, -0.25) is 0 Å². The number of nitrogens with zero attached hydrogens (tertiary/aromatic N) is 4. The Bertz CT molecular complexity index is 1480. The number of nitrogens with one attached hydrogen (secondary N) is 2. The summed E-state index contributed by atoms with van der Waals surface area (Å²) in [7, 11) is 0. The van der Waals surface area contributed by atoms with E-state index >= 15 is 0 Å². The maximum Gasteiger partial charge on any atom is 0.339 e. The number of aromatic carboxylic acids is 2. The van der Waals surface area contributed by atoms with Crippen LogP contribution in [0.5, 0.6) is 0 Å². The van der Waals surface area contributed by atoms with Gasteiger partial charge in [-0.1, -0.05) is 52.0 Å². The van der Waals surface area contributed by atoms with Crippen LogP contribution < -0.4 is 20.4 Å². The molecule has 0 bridgehead atoms. The molecule has 4 N–H and O–H groups in total. The fourth-order valence-corrected chi connectivity index (χ4v) is 6.42. The first kappa shape index (κ1) is 31.4. The number of hydrogen-bond donors (Lipinski definition) is 4. The summed E-state index contributed by atoms with van der Waals surface area (Å²) in [6.07, 6.45) is 5.37. The summed E-state index contributed by atoms with van der Waals surface area (Å²) < 4.78 is 0. The Hall–Kier alpha value is -4.02. The number of hydrogen-bond acceptors (Lipinski definition) is 8. The van der Waals surface area contributed by atoms with E-state index in [0.29, 0.717) is 17.2 Å². The Morgan fingerprint density at radius 3 is 1.89 bits per heavy atom. The third kappa shape index (κ3) is 7.03. The third-order valence-corrected chi connectivity index (χ3v) is 8.75. The van der Waals surface area contributed by atoms with E-state index in [1.54, 1.807) is 18.3 Å². The van der Waals surface area contributed by atoms with Gasteiger partial charge < -0.3 is 30.6 Å². The van der Waals surface area contributed by atoms with Gasteiger partial charge in [0.1, 0.15) is 22.8 Å². The molecule has 234 valence electrons. The standard InChI is InChI=1S/C34H44N6O4/c1-21(2)28-18-38-32(30(34(43)44)29(28)22(3)4)40-15-12-26(20-40)37-17-24-9-7-23(8-10-24)16-36-25-11-14-39(19-25)31-27(33(41)42)6-5-13-35-31/h5-10,13,18,21-22,25-26,36-37H,11-12,14-17,19-20H2,1-4H3,(H,41,42)(H,43,44)/t25-,26-/m1/s1. The van der Waals surface area contributed by atoms with Crippen molar-refractivity contribution in [2.75, 3.05) is 36.0 Å². The number of aromatic nitrogens is 2. The van der Waals surface area contributed by atoms with Crippen LogP contribution in [0, 0.1) is 0 Å². The minimum atomic E-state index is -0.953. The molecule has 0 spiro atoms. The molecule has 5 rings (SSSR count). The largest absolute Gasteiger partial charge is 0.478 e. The van der Waals surface area contributed by atoms with Crippen molar-refractivity contribution in [2.24, 2.45) is 0 Å². The van der Waals surface area contributed by atoms with Crippen LogP contribution in [0.3, 0.4) is 0 Å². The maximum atomic E-state index is 12.4. The number of carboxylic acid groups (broad SMARTS) is 2. The highest BCUT2D eigenvalue weighted by Gasteiger charge is 2.31. The number of rotatable bonds is 12. The predicted molar refractivity (Wildman–Crippen MR) is 172 cm³/mol. The smallest absolute Gasteiger partial charge is 0.339 e. The van der Waals surface area contributed by atoms with Gasteiger partial charge >= 0.3 is 11.9 Å². The predicted octanol–water partition coefficient (Wildman–Crippen LogP) is 4.86. The van der Waals surface area contributed by atoms with Crippen LogP contribution in [0.25, 0.3) is 0 Å². The van der Waals surface area contributed by atoms with Gasteiger partial charge in [0.25, 0.3) is 0 Å². The molecule has 0 radical (unpaired) electrons. The molecule has 3 aromatic rings. The molecule has 4 heterocycles. The van der Waals surface area contributed by atoms with Crippen LogP contribution in [-0.2, 0) is 13.1 Å². The van der Waals surface area contributed by atoms with Crippen LogP contribution >= 0.6 is 0 Å². The van der Waals surface area contributed by atoms with E-state index in [0.717, 1.165) is 63.2 Å². The van der Waals surface area contributed by atoms with Gasteiger partial charge in [-0.05, 0) is 59.1 Å². The lowest BCUT2D eigenvalue weighted by Gasteiger charge is -2.25. The Balaban J connectivity index is 1.12. The summed E-state index contributed by atoms with van der Waals surface area (Å²) in [5.41, 5.74) is 4.89. The molecule has 2 atom stereocenters. The summed E-state index contributed by atoms with van der Waals surface area (Å²) in [6, 6.07) is 12.4. The first-order valence-electron chi connectivity index (χ1n) is 15.6. The van der Waals surface area contributed by atoms with E-state index in [2.05, 4.69) is 77.5 Å². The van der Waals surface area contributed by atoms with Gasteiger partial charge in [0.05, 0.1) is 0 Å². The zero-order chi connectivity index (χ0) is 31.4. The Kier molecular flexibility index (Phi) is 9.80. The summed E-state index contributed by atoms with van der Waals surface area (Å²) in [5.74, 6) is -0.433. The molecule has 2 aliphatic heterocycles. The Morgan fingerprint density at radius 1 is 0.818 bits per heavy atom. The van der Waals surface area contributed by atoms with Crippen molar-refractivity contribution in [2.45, 2.75) is 77.5 Å². The van der Waals surface area contributed by atoms with Crippen LogP contribution in [0.15, 0.2) is 48.8 Å². The quantitative estimate of drug-likeness (QED) is 0.229. The van der Waals surface area contributed by atoms with E-state index in [4.69, 9.17) is 0 Å². The minimum absolute atomic E-state index is 0.0985. The lowest BCUT2D eigenvalue weighted by Crippen LogP contribution is -2.33. The molecule has 2 saturated heterocycles. The Morgan fingerprint density at radius 2 is 1.39 bits per heavy atom. The van der Waals surface area contributed by atoms with Gasteiger partial charge in [-0.25, -0.2) is 19.6 Å². The van der Waals surface area contributed by atoms with Gasteiger partial charge in [0.15, 0.2) is 0 Å². The van der Waals surface area contributed by atoms with Crippen LogP contribution in [0.2, 0.25) is 0 Å². The molecular formula is C34H44N6O4.